The van der Waals surface area contributed by atoms with Crippen molar-refractivity contribution in [3.05, 3.63) is 76.1 Å². The van der Waals surface area contributed by atoms with E-state index in [0.29, 0.717) is 10.9 Å². The Balaban J connectivity index is 1.21. The molecule has 156 valence electrons. The van der Waals surface area contributed by atoms with Crippen LogP contribution in [0.25, 0.3) is 11.3 Å². The van der Waals surface area contributed by atoms with E-state index in [2.05, 4.69) is 45.5 Å². The molecule has 1 N–H and O–H groups in total. The van der Waals surface area contributed by atoms with Crippen LogP contribution in [0.5, 0.6) is 0 Å². The van der Waals surface area contributed by atoms with Gasteiger partial charge in [-0.15, -0.1) is 11.3 Å². The summed E-state index contributed by atoms with van der Waals surface area (Å²) in [6, 6.07) is 20.7. The number of aromatic nitrogens is 1. The Labute approximate surface area is 183 Å². The second kappa shape index (κ2) is 10.0. The molecule has 1 aliphatic rings. The molecule has 0 bridgehead atoms. The molecule has 2 aromatic carbocycles. The van der Waals surface area contributed by atoms with Crippen molar-refractivity contribution in [2.75, 3.05) is 19.6 Å². The van der Waals surface area contributed by atoms with E-state index in [1.807, 2.05) is 37.3 Å². The lowest BCUT2D eigenvalue weighted by Gasteiger charge is -2.32. The molecule has 4 nitrogen and oxygen atoms in total. The van der Waals surface area contributed by atoms with E-state index in [-0.39, 0.29) is 5.91 Å². The zero-order valence-corrected chi connectivity index (χ0v) is 18.3. The first-order valence-corrected chi connectivity index (χ1v) is 11.6. The topological polar surface area (TPSA) is 45.2 Å². The van der Waals surface area contributed by atoms with E-state index in [1.54, 1.807) is 0 Å². The Bertz CT molecular complexity index is 947. The first-order chi connectivity index (χ1) is 14.7. The van der Waals surface area contributed by atoms with Crippen molar-refractivity contribution >= 4 is 17.2 Å². The highest BCUT2D eigenvalue weighted by Gasteiger charge is 2.20. The molecule has 0 saturated carbocycles. The van der Waals surface area contributed by atoms with Crippen LogP contribution in [0.1, 0.15) is 39.5 Å². The summed E-state index contributed by atoms with van der Waals surface area (Å²) in [5, 5.41) is 3.64. The lowest BCUT2D eigenvalue weighted by Crippen LogP contribution is -2.34. The highest BCUT2D eigenvalue weighted by atomic mass is 32.1. The standard InChI is InChI=1S/C25H29N3OS/c1-19-23(22-10-6-3-7-11-22)27-25(30-19)24(29)26-15-12-20-13-16-28(17-14-20)18-21-8-4-2-5-9-21/h2-11,20H,12-18H2,1H3,(H,26,29). The number of thiazole rings is 1. The van der Waals surface area contributed by atoms with Crippen LogP contribution in [-0.4, -0.2) is 35.4 Å². The van der Waals surface area contributed by atoms with Gasteiger partial charge in [-0.3, -0.25) is 9.69 Å². The Morgan fingerprint density at radius 2 is 1.73 bits per heavy atom. The van der Waals surface area contributed by atoms with Crippen molar-refractivity contribution < 1.29 is 4.79 Å². The molecule has 0 radical (unpaired) electrons. The second-order valence-corrected chi connectivity index (χ2v) is 9.24. The minimum absolute atomic E-state index is 0.0493. The maximum absolute atomic E-state index is 12.6. The van der Waals surface area contributed by atoms with E-state index >= 15 is 0 Å². The molecule has 1 aromatic heterocycles. The molecular weight excluding hydrogens is 390 g/mol. The van der Waals surface area contributed by atoms with Crippen LogP contribution in [0.3, 0.4) is 0 Å². The maximum atomic E-state index is 12.6. The molecule has 0 atom stereocenters. The first kappa shape index (κ1) is 20.8. The van der Waals surface area contributed by atoms with Crippen molar-refractivity contribution in [3.8, 4) is 11.3 Å². The van der Waals surface area contributed by atoms with Gasteiger partial charge in [-0.25, -0.2) is 4.98 Å². The van der Waals surface area contributed by atoms with E-state index in [9.17, 15) is 4.79 Å². The number of aryl methyl sites for hydroxylation is 1. The van der Waals surface area contributed by atoms with Crippen molar-refractivity contribution in [3.63, 3.8) is 0 Å². The number of hydrogen-bond donors (Lipinski definition) is 1. The molecule has 2 heterocycles. The Morgan fingerprint density at radius 3 is 2.43 bits per heavy atom. The average Bonchev–Trinajstić information content (AvgIpc) is 3.18. The van der Waals surface area contributed by atoms with Gasteiger partial charge in [-0.2, -0.15) is 0 Å². The molecule has 30 heavy (non-hydrogen) atoms. The smallest absolute Gasteiger partial charge is 0.280 e. The maximum Gasteiger partial charge on any atom is 0.280 e. The predicted molar refractivity (Wildman–Crippen MR) is 124 cm³/mol. The van der Waals surface area contributed by atoms with Gasteiger partial charge in [-0.1, -0.05) is 60.7 Å². The van der Waals surface area contributed by atoms with Crippen molar-refractivity contribution in [2.24, 2.45) is 5.92 Å². The van der Waals surface area contributed by atoms with Crippen LogP contribution in [0.4, 0.5) is 0 Å². The number of rotatable bonds is 7. The van der Waals surface area contributed by atoms with Crippen LogP contribution in [-0.2, 0) is 6.54 Å². The van der Waals surface area contributed by atoms with Gasteiger partial charge in [0, 0.05) is 23.5 Å². The molecule has 1 aliphatic heterocycles. The summed E-state index contributed by atoms with van der Waals surface area (Å²) in [7, 11) is 0. The van der Waals surface area contributed by atoms with E-state index in [0.717, 1.165) is 48.7 Å². The highest BCUT2D eigenvalue weighted by molar-refractivity contribution is 7.14. The Morgan fingerprint density at radius 1 is 1.07 bits per heavy atom. The summed E-state index contributed by atoms with van der Waals surface area (Å²) in [4.78, 5) is 20.8. The van der Waals surface area contributed by atoms with Crippen LogP contribution in [0.2, 0.25) is 0 Å². The van der Waals surface area contributed by atoms with Gasteiger partial charge >= 0.3 is 0 Å². The molecule has 4 rings (SSSR count). The van der Waals surface area contributed by atoms with Crippen LogP contribution < -0.4 is 5.32 Å². The van der Waals surface area contributed by atoms with Gasteiger partial charge in [0.2, 0.25) is 0 Å². The largest absolute Gasteiger partial charge is 0.350 e. The summed E-state index contributed by atoms with van der Waals surface area (Å²) < 4.78 is 0. The zero-order valence-electron chi connectivity index (χ0n) is 17.5. The monoisotopic (exact) mass is 419 g/mol. The molecule has 1 amide bonds. The number of benzene rings is 2. The minimum atomic E-state index is -0.0493. The molecule has 0 spiro atoms. The fourth-order valence-electron chi connectivity index (χ4n) is 4.10. The third kappa shape index (κ3) is 5.35. The van der Waals surface area contributed by atoms with Crippen molar-refractivity contribution in [2.45, 2.75) is 32.7 Å². The SMILES string of the molecule is Cc1sc(C(=O)NCCC2CCN(Cc3ccccc3)CC2)nc1-c1ccccc1. The number of nitrogens with zero attached hydrogens (tertiary/aromatic N) is 2. The molecule has 0 aliphatic carbocycles. The fourth-order valence-corrected chi connectivity index (χ4v) is 4.95. The van der Waals surface area contributed by atoms with Gasteiger partial charge in [0.25, 0.3) is 5.91 Å². The number of amides is 1. The lowest BCUT2D eigenvalue weighted by atomic mass is 9.93. The van der Waals surface area contributed by atoms with E-state index < -0.39 is 0 Å². The predicted octanol–water partition coefficient (Wildman–Crippen LogP) is 5.15. The summed E-state index contributed by atoms with van der Waals surface area (Å²) in [6.45, 7) is 6.07. The number of hydrogen-bond acceptors (Lipinski definition) is 4. The Kier molecular flexibility index (Phi) is 6.92. The fraction of sp³-hybridized carbons (Fsp3) is 0.360. The van der Waals surface area contributed by atoms with Gasteiger partial charge in [0.1, 0.15) is 0 Å². The third-order valence-electron chi connectivity index (χ3n) is 5.83. The molecule has 1 fully saturated rings. The number of carbonyl (C=O) groups is 1. The van der Waals surface area contributed by atoms with Crippen molar-refractivity contribution in [1.82, 2.24) is 15.2 Å². The van der Waals surface area contributed by atoms with Gasteiger partial charge in [-0.05, 0) is 50.8 Å². The quantitative estimate of drug-likeness (QED) is 0.576. The number of likely N-dealkylation sites (tertiary alicyclic amines) is 1. The average molecular weight is 420 g/mol. The molecule has 1 saturated heterocycles. The lowest BCUT2D eigenvalue weighted by molar-refractivity contribution is 0.0947. The first-order valence-electron chi connectivity index (χ1n) is 10.8. The summed E-state index contributed by atoms with van der Waals surface area (Å²) in [5.74, 6) is 0.641. The molecule has 0 unspecified atom stereocenters. The number of piperidine rings is 1. The second-order valence-electron chi connectivity index (χ2n) is 8.04. The summed E-state index contributed by atoms with van der Waals surface area (Å²) in [6.07, 6.45) is 3.45. The Hall–Kier alpha value is -2.50. The van der Waals surface area contributed by atoms with Crippen LogP contribution >= 0.6 is 11.3 Å². The van der Waals surface area contributed by atoms with Crippen LogP contribution in [0.15, 0.2) is 60.7 Å². The summed E-state index contributed by atoms with van der Waals surface area (Å²) in [5.41, 5.74) is 3.36. The number of carbonyl (C=O) groups excluding carboxylic acids is 1. The third-order valence-corrected chi connectivity index (χ3v) is 6.80. The normalized spacial score (nSPS) is 15.2. The minimum Gasteiger partial charge on any atom is -0.350 e. The van der Waals surface area contributed by atoms with Gasteiger partial charge < -0.3 is 5.32 Å². The van der Waals surface area contributed by atoms with Crippen molar-refractivity contribution in [1.29, 1.82) is 0 Å². The van der Waals surface area contributed by atoms with Gasteiger partial charge in [0.15, 0.2) is 5.01 Å². The molecule has 3 aromatic rings. The molecule has 5 heteroatoms. The highest BCUT2D eigenvalue weighted by Crippen LogP contribution is 2.27. The zero-order chi connectivity index (χ0) is 20.8. The van der Waals surface area contributed by atoms with E-state index in [1.165, 1.54) is 29.7 Å². The number of nitrogens with one attached hydrogen (secondary N) is 1. The van der Waals surface area contributed by atoms with Crippen LogP contribution in [0, 0.1) is 12.8 Å². The van der Waals surface area contributed by atoms with E-state index in [4.69, 9.17) is 0 Å². The summed E-state index contributed by atoms with van der Waals surface area (Å²) >= 11 is 1.47. The molecular formula is C25H29N3OS. The van der Waals surface area contributed by atoms with Gasteiger partial charge in [0.05, 0.1) is 5.69 Å².